The van der Waals surface area contributed by atoms with E-state index in [-0.39, 0.29) is 30.2 Å². The van der Waals surface area contributed by atoms with Crippen LogP contribution in [0.5, 0.6) is 0 Å². The van der Waals surface area contributed by atoms with Crippen LogP contribution in [0.1, 0.15) is 43.7 Å². The van der Waals surface area contributed by atoms with Gasteiger partial charge in [-0.25, -0.2) is 0 Å². The van der Waals surface area contributed by atoms with Crippen molar-refractivity contribution < 1.29 is 14.4 Å². The second-order valence-electron chi connectivity index (χ2n) is 7.40. The third kappa shape index (κ3) is 6.84. The molecule has 1 aliphatic heterocycles. The molecule has 6 N–H and O–H groups in total. The van der Waals surface area contributed by atoms with Crippen molar-refractivity contribution in [3.63, 3.8) is 0 Å². The summed E-state index contributed by atoms with van der Waals surface area (Å²) < 4.78 is 0. The van der Waals surface area contributed by atoms with Gasteiger partial charge in [0.2, 0.25) is 11.8 Å². The molecule has 9 heteroatoms. The minimum absolute atomic E-state index is 0.00262. The maximum absolute atomic E-state index is 12.9. The van der Waals surface area contributed by atoms with Crippen molar-refractivity contribution in [2.75, 3.05) is 20.1 Å². The Morgan fingerprint density at radius 2 is 2.03 bits per heavy atom. The Hall–Kier alpha value is -2.94. The number of hydrogen-bond acceptors (Lipinski definition) is 5. The molecule has 0 spiro atoms. The Kier molecular flexibility index (Phi) is 9.27. The molecule has 1 aromatic rings. The third-order valence-corrected chi connectivity index (χ3v) is 5.26. The Morgan fingerprint density at radius 3 is 2.67 bits per heavy atom. The topological polar surface area (TPSA) is 143 Å². The van der Waals surface area contributed by atoms with Crippen LogP contribution in [0, 0.1) is 0 Å². The molecule has 0 aliphatic carbocycles. The number of nitrogens with one attached hydrogen (secondary N) is 2. The second kappa shape index (κ2) is 11.9. The lowest BCUT2D eigenvalue weighted by Gasteiger charge is -2.27. The van der Waals surface area contributed by atoms with Gasteiger partial charge in [-0.15, -0.1) is 0 Å². The average Bonchev–Trinajstić information content (AvgIpc) is 3.24. The van der Waals surface area contributed by atoms with Crippen LogP contribution in [0.25, 0.3) is 0 Å². The number of benzene rings is 1. The number of guanidine groups is 1. The Balaban J connectivity index is 1.93. The molecule has 164 valence electrons. The maximum atomic E-state index is 12.9. The SMILES string of the molecule is CNC(CC(=O)N1CCC[C@H]1C(=O)N[C@H](C=O)CCCN=C(N)N)c1ccccc1. The summed E-state index contributed by atoms with van der Waals surface area (Å²) in [5.41, 5.74) is 11.6. The molecular weight excluding hydrogens is 384 g/mol. The van der Waals surface area contributed by atoms with Crippen molar-refractivity contribution in [2.45, 2.75) is 50.2 Å². The summed E-state index contributed by atoms with van der Waals surface area (Å²) in [6.07, 6.45) is 3.32. The Morgan fingerprint density at radius 1 is 1.30 bits per heavy atom. The van der Waals surface area contributed by atoms with E-state index in [4.69, 9.17) is 11.5 Å². The standard InChI is InChI=1S/C21H32N6O3/c1-24-17(15-7-3-2-4-8-15)13-19(29)27-12-6-10-18(27)20(30)26-16(14-28)9-5-11-25-21(22)23/h2-4,7-8,14,16-18,24H,5-6,9-13H2,1H3,(H,26,30)(H4,22,23,25)/t16-,17?,18-/m0/s1. The molecule has 1 saturated heterocycles. The molecule has 2 rings (SSSR count). The number of carbonyl (C=O) groups excluding carboxylic acids is 3. The number of rotatable bonds is 11. The van der Waals surface area contributed by atoms with Gasteiger partial charge in [0.25, 0.3) is 0 Å². The second-order valence-corrected chi connectivity index (χ2v) is 7.40. The first-order valence-electron chi connectivity index (χ1n) is 10.3. The van der Waals surface area contributed by atoms with Crippen LogP contribution < -0.4 is 22.1 Å². The number of aliphatic imine (C=N–C) groups is 1. The summed E-state index contributed by atoms with van der Waals surface area (Å²) in [7, 11) is 1.82. The molecule has 2 amide bonds. The molecular formula is C21H32N6O3. The molecule has 9 nitrogen and oxygen atoms in total. The van der Waals surface area contributed by atoms with Gasteiger partial charge in [0.05, 0.1) is 6.04 Å². The summed E-state index contributed by atoms with van der Waals surface area (Å²) in [6, 6.07) is 8.44. The smallest absolute Gasteiger partial charge is 0.243 e. The van der Waals surface area contributed by atoms with Gasteiger partial charge in [-0.2, -0.15) is 0 Å². The van der Waals surface area contributed by atoms with Crippen LogP contribution >= 0.6 is 0 Å². The summed E-state index contributed by atoms with van der Waals surface area (Å²) in [4.78, 5) is 42.5. The van der Waals surface area contributed by atoms with Crippen LogP contribution in [-0.4, -0.2) is 61.2 Å². The van der Waals surface area contributed by atoms with Crippen molar-refractivity contribution in [1.29, 1.82) is 0 Å². The van der Waals surface area contributed by atoms with Crippen LogP contribution in [0.15, 0.2) is 35.3 Å². The number of carbonyl (C=O) groups is 3. The highest BCUT2D eigenvalue weighted by Gasteiger charge is 2.35. The first-order valence-corrected chi connectivity index (χ1v) is 10.3. The number of hydrogen-bond donors (Lipinski definition) is 4. The van der Waals surface area contributed by atoms with Gasteiger partial charge in [0.15, 0.2) is 5.96 Å². The highest BCUT2D eigenvalue weighted by molar-refractivity contribution is 5.89. The molecule has 1 aromatic carbocycles. The van der Waals surface area contributed by atoms with E-state index in [9.17, 15) is 14.4 Å². The Labute approximate surface area is 177 Å². The van der Waals surface area contributed by atoms with Crippen LogP contribution in [0.3, 0.4) is 0 Å². The third-order valence-electron chi connectivity index (χ3n) is 5.26. The van der Waals surface area contributed by atoms with Gasteiger partial charge < -0.3 is 31.8 Å². The monoisotopic (exact) mass is 416 g/mol. The average molecular weight is 417 g/mol. The van der Waals surface area contributed by atoms with Gasteiger partial charge in [-0.05, 0) is 38.3 Å². The lowest BCUT2D eigenvalue weighted by Crippen LogP contribution is -2.49. The highest BCUT2D eigenvalue weighted by atomic mass is 16.2. The quantitative estimate of drug-likeness (QED) is 0.174. The van der Waals surface area contributed by atoms with Crippen molar-refractivity contribution >= 4 is 24.1 Å². The summed E-state index contributed by atoms with van der Waals surface area (Å²) in [5, 5.41) is 5.93. The molecule has 1 heterocycles. The largest absolute Gasteiger partial charge is 0.370 e. The number of nitrogens with zero attached hydrogens (tertiary/aromatic N) is 2. The minimum Gasteiger partial charge on any atom is -0.370 e. The number of nitrogens with two attached hydrogens (primary N) is 2. The summed E-state index contributed by atoms with van der Waals surface area (Å²) in [6.45, 7) is 0.930. The molecule has 1 aliphatic rings. The van der Waals surface area contributed by atoms with Gasteiger partial charge in [0, 0.05) is 25.6 Å². The van der Waals surface area contributed by atoms with E-state index < -0.39 is 12.1 Å². The van der Waals surface area contributed by atoms with Crippen LogP contribution in [0.4, 0.5) is 0 Å². The van der Waals surface area contributed by atoms with Gasteiger partial charge >= 0.3 is 0 Å². The molecule has 1 fully saturated rings. The van der Waals surface area contributed by atoms with E-state index in [1.807, 2.05) is 37.4 Å². The number of amides is 2. The number of aldehydes is 1. The zero-order valence-corrected chi connectivity index (χ0v) is 17.4. The minimum atomic E-state index is -0.626. The zero-order chi connectivity index (χ0) is 21.9. The summed E-state index contributed by atoms with van der Waals surface area (Å²) in [5.74, 6) is -0.371. The number of likely N-dealkylation sites (tertiary alicyclic amines) is 1. The van der Waals surface area contributed by atoms with Crippen LogP contribution in [-0.2, 0) is 14.4 Å². The predicted molar refractivity (Wildman–Crippen MR) is 116 cm³/mol. The van der Waals surface area contributed by atoms with Crippen molar-refractivity contribution in [1.82, 2.24) is 15.5 Å². The predicted octanol–water partition coefficient (Wildman–Crippen LogP) is 0.0655. The molecule has 30 heavy (non-hydrogen) atoms. The maximum Gasteiger partial charge on any atom is 0.243 e. The molecule has 0 aromatic heterocycles. The first kappa shape index (κ1) is 23.3. The van der Waals surface area contributed by atoms with Crippen LogP contribution in [0.2, 0.25) is 0 Å². The van der Waals surface area contributed by atoms with Gasteiger partial charge in [-0.1, -0.05) is 30.3 Å². The van der Waals surface area contributed by atoms with Crippen molar-refractivity contribution in [3.8, 4) is 0 Å². The fourth-order valence-electron chi connectivity index (χ4n) is 3.67. The van der Waals surface area contributed by atoms with E-state index in [0.29, 0.717) is 38.6 Å². The first-order chi connectivity index (χ1) is 14.5. The highest BCUT2D eigenvalue weighted by Crippen LogP contribution is 2.23. The Bertz CT molecular complexity index is 736. The molecule has 0 bridgehead atoms. The molecule has 3 atom stereocenters. The fraction of sp³-hybridized carbons (Fsp3) is 0.524. The van der Waals surface area contributed by atoms with Crippen molar-refractivity contribution in [2.24, 2.45) is 16.5 Å². The lowest BCUT2D eigenvalue weighted by atomic mass is 10.0. The van der Waals surface area contributed by atoms with E-state index in [0.717, 1.165) is 12.0 Å². The van der Waals surface area contributed by atoms with E-state index in [1.165, 1.54) is 0 Å². The zero-order valence-electron chi connectivity index (χ0n) is 17.4. The van der Waals surface area contributed by atoms with Gasteiger partial charge in [-0.3, -0.25) is 14.6 Å². The van der Waals surface area contributed by atoms with E-state index >= 15 is 0 Å². The normalized spacial score (nSPS) is 17.8. The molecule has 0 radical (unpaired) electrons. The lowest BCUT2D eigenvalue weighted by molar-refractivity contribution is -0.139. The molecule has 1 unspecified atom stereocenters. The van der Waals surface area contributed by atoms with Gasteiger partial charge in [0.1, 0.15) is 12.3 Å². The van der Waals surface area contributed by atoms with Crippen molar-refractivity contribution in [3.05, 3.63) is 35.9 Å². The van der Waals surface area contributed by atoms with E-state index in [1.54, 1.807) is 4.90 Å². The van der Waals surface area contributed by atoms with E-state index in [2.05, 4.69) is 15.6 Å². The fourth-order valence-corrected chi connectivity index (χ4v) is 3.67. The summed E-state index contributed by atoms with van der Waals surface area (Å²) >= 11 is 0. The molecule has 0 saturated carbocycles.